The second-order valence-electron chi connectivity index (χ2n) is 4.96. The molecule has 3 amide bonds. The summed E-state index contributed by atoms with van der Waals surface area (Å²) in [4.78, 5) is 23.0. The summed E-state index contributed by atoms with van der Waals surface area (Å²) < 4.78 is 0. The molecule has 0 aliphatic rings. The number of hydrogen-bond acceptors (Lipinski definition) is 3. The zero-order valence-electron chi connectivity index (χ0n) is 12.0. The Morgan fingerprint density at radius 2 is 1.90 bits per heavy atom. The minimum atomic E-state index is -0.407. The van der Waals surface area contributed by atoms with Crippen LogP contribution in [-0.2, 0) is 10.5 Å². The van der Waals surface area contributed by atoms with Gasteiger partial charge in [0.15, 0.2) is 0 Å². The van der Waals surface area contributed by atoms with E-state index < -0.39 is 6.03 Å². The van der Waals surface area contributed by atoms with Crippen molar-refractivity contribution in [2.24, 2.45) is 5.92 Å². The predicted octanol–water partition coefficient (Wildman–Crippen LogP) is 2.79. The maximum absolute atomic E-state index is 11.5. The summed E-state index contributed by atoms with van der Waals surface area (Å²) in [5, 5.41) is 5.00. The monoisotopic (exact) mass is 294 g/mol. The molecular weight excluding hydrogens is 272 g/mol. The third kappa shape index (κ3) is 7.84. The minimum absolute atomic E-state index is 0.257. The van der Waals surface area contributed by atoms with E-state index >= 15 is 0 Å². The van der Waals surface area contributed by atoms with Crippen molar-refractivity contribution in [3.8, 4) is 0 Å². The Hall–Kier alpha value is -1.49. The molecular formula is C15H22N2O2S. The second-order valence-corrected chi connectivity index (χ2v) is 5.95. The van der Waals surface area contributed by atoms with Crippen LogP contribution in [0.3, 0.4) is 0 Å². The molecule has 4 nitrogen and oxygen atoms in total. The molecule has 0 unspecified atom stereocenters. The first-order valence-electron chi connectivity index (χ1n) is 6.77. The molecule has 0 bridgehead atoms. The van der Waals surface area contributed by atoms with Gasteiger partial charge in [0.2, 0.25) is 5.91 Å². The third-order valence-corrected chi connectivity index (χ3v) is 3.61. The van der Waals surface area contributed by atoms with E-state index in [9.17, 15) is 9.59 Å². The molecule has 5 heteroatoms. The Kier molecular flexibility index (Phi) is 7.80. The molecule has 110 valence electrons. The number of hydrogen-bond donors (Lipinski definition) is 2. The van der Waals surface area contributed by atoms with Gasteiger partial charge in [0, 0.05) is 12.3 Å². The summed E-state index contributed by atoms with van der Waals surface area (Å²) >= 11 is 1.49. The number of amides is 3. The van der Waals surface area contributed by atoms with Crippen LogP contribution in [0.1, 0.15) is 25.8 Å². The molecule has 0 aliphatic heterocycles. The Morgan fingerprint density at radius 3 is 2.55 bits per heavy atom. The maximum Gasteiger partial charge on any atom is 0.321 e. The van der Waals surface area contributed by atoms with Gasteiger partial charge in [-0.15, -0.1) is 11.8 Å². The van der Waals surface area contributed by atoms with Gasteiger partial charge in [-0.3, -0.25) is 10.1 Å². The number of carbonyl (C=O) groups excluding carboxylic acids is 2. The summed E-state index contributed by atoms with van der Waals surface area (Å²) in [6.07, 6.45) is 0.907. The van der Waals surface area contributed by atoms with Crippen LogP contribution >= 0.6 is 11.8 Å². The molecule has 0 aromatic heterocycles. The van der Waals surface area contributed by atoms with Crippen molar-refractivity contribution in [2.75, 3.05) is 12.3 Å². The topological polar surface area (TPSA) is 58.2 Å². The number of carbonyl (C=O) groups is 2. The van der Waals surface area contributed by atoms with Gasteiger partial charge in [0.05, 0.1) is 5.75 Å². The highest BCUT2D eigenvalue weighted by Gasteiger charge is 2.07. The number of urea groups is 1. The minimum Gasteiger partial charge on any atom is -0.338 e. The highest BCUT2D eigenvalue weighted by atomic mass is 32.2. The van der Waals surface area contributed by atoms with Crippen LogP contribution in [0.15, 0.2) is 30.3 Å². The van der Waals surface area contributed by atoms with Crippen LogP contribution in [0.5, 0.6) is 0 Å². The first-order chi connectivity index (χ1) is 9.58. The fraction of sp³-hybridized carbons (Fsp3) is 0.467. The van der Waals surface area contributed by atoms with E-state index in [4.69, 9.17) is 0 Å². The first-order valence-corrected chi connectivity index (χ1v) is 7.92. The molecule has 0 saturated heterocycles. The normalized spacial score (nSPS) is 10.3. The Bertz CT molecular complexity index is 421. The molecule has 0 saturated carbocycles. The van der Waals surface area contributed by atoms with E-state index in [0.29, 0.717) is 12.5 Å². The average Bonchev–Trinajstić information content (AvgIpc) is 2.39. The molecule has 0 spiro atoms. The lowest BCUT2D eigenvalue weighted by Gasteiger charge is -2.08. The number of imide groups is 1. The molecule has 1 aromatic rings. The molecule has 2 N–H and O–H groups in total. The molecule has 0 fully saturated rings. The number of rotatable bonds is 7. The van der Waals surface area contributed by atoms with Gasteiger partial charge < -0.3 is 5.32 Å². The Labute approximate surface area is 124 Å². The maximum atomic E-state index is 11.5. The van der Waals surface area contributed by atoms with Crippen molar-refractivity contribution in [2.45, 2.75) is 26.0 Å². The fourth-order valence-corrected chi connectivity index (χ4v) is 2.30. The van der Waals surface area contributed by atoms with Crippen molar-refractivity contribution in [3.63, 3.8) is 0 Å². The van der Waals surface area contributed by atoms with E-state index in [1.165, 1.54) is 17.3 Å². The Balaban J connectivity index is 2.12. The standard InChI is InChI=1S/C15H22N2O2S/c1-12(2)8-9-16-15(19)17-14(18)11-20-10-13-6-4-3-5-7-13/h3-7,12H,8-11H2,1-2H3,(H2,16,17,18,19). The molecule has 0 atom stereocenters. The van der Waals surface area contributed by atoms with Gasteiger partial charge in [-0.05, 0) is 17.9 Å². The molecule has 0 radical (unpaired) electrons. The first kappa shape index (κ1) is 16.6. The quantitative estimate of drug-likeness (QED) is 0.813. The van der Waals surface area contributed by atoms with Crippen molar-refractivity contribution < 1.29 is 9.59 Å². The summed E-state index contributed by atoms with van der Waals surface area (Å²) in [6.45, 7) is 4.77. The van der Waals surface area contributed by atoms with E-state index in [1.54, 1.807) is 0 Å². The van der Waals surface area contributed by atoms with Gasteiger partial charge in [-0.2, -0.15) is 0 Å². The zero-order valence-corrected chi connectivity index (χ0v) is 12.8. The van der Waals surface area contributed by atoms with Gasteiger partial charge in [-0.1, -0.05) is 44.2 Å². The molecule has 0 heterocycles. The van der Waals surface area contributed by atoms with Gasteiger partial charge >= 0.3 is 6.03 Å². The summed E-state index contributed by atoms with van der Waals surface area (Å²) in [5.74, 6) is 1.33. The SMILES string of the molecule is CC(C)CCNC(=O)NC(=O)CSCc1ccccc1. The van der Waals surface area contributed by atoms with Crippen LogP contribution < -0.4 is 10.6 Å². The fourth-order valence-electron chi connectivity index (χ4n) is 1.52. The highest BCUT2D eigenvalue weighted by Crippen LogP contribution is 2.10. The smallest absolute Gasteiger partial charge is 0.321 e. The lowest BCUT2D eigenvalue weighted by atomic mass is 10.1. The van der Waals surface area contributed by atoms with E-state index in [-0.39, 0.29) is 11.7 Å². The number of thioether (sulfide) groups is 1. The van der Waals surface area contributed by atoms with Crippen LogP contribution in [0.4, 0.5) is 4.79 Å². The average molecular weight is 294 g/mol. The van der Waals surface area contributed by atoms with Crippen molar-refractivity contribution in [1.82, 2.24) is 10.6 Å². The second kappa shape index (κ2) is 9.42. The summed E-state index contributed by atoms with van der Waals surface area (Å²) in [5.41, 5.74) is 1.17. The van der Waals surface area contributed by atoms with Crippen LogP contribution in [-0.4, -0.2) is 24.2 Å². The number of benzene rings is 1. The number of nitrogens with one attached hydrogen (secondary N) is 2. The van der Waals surface area contributed by atoms with Crippen LogP contribution in [0.2, 0.25) is 0 Å². The molecule has 1 rings (SSSR count). The molecule has 20 heavy (non-hydrogen) atoms. The third-order valence-electron chi connectivity index (χ3n) is 2.60. The van der Waals surface area contributed by atoms with E-state index in [2.05, 4.69) is 24.5 Å². The zero-order chi connectivity index (χ0) is 14.8. The lowest BCUT2D eigenvalue weighted by Crippen LogP contribution is -2.40. The lowest BCUT2D eigenvalue weighted by molar-refractivity contribution is -0.117. The molecule has 0 aliphatic carbocycles. The largest absolute Gasteiger partial charge is 0.338 e. The molecule has 1 aromatic carbocycles. The summed E-state index contributed by atoms with van der Waals surface area (Å²) in [7, 11) is 0. The van der Waals surface area contributed by atoms with Gasteiger partial charge in [-0.25, -0.2) is 4.79 Å². The van der Waals surface area contributed by atoms with Gasteiger partial charge in [0.25, 0.3) is 0 Å². The van der Waals surface area contributed by atoms with Crippen LogP contribution in [0.25, 0.3) is 0 Å². The van der Waals surface area contributed by atoms with Gasteiger partial charge in [0.1, 0.15) is 0 Å². The van der Waals surface area contributed by atoms with Crippen LogP contribution in [0, 0.1) is 5.92 Å². The predicted molar refractivity (Wildman–Crippen MR) is 83.6 cm³/mol. The Morgan fingerprint density at radius 1 is 1.20 bits per heavy atom. The van der Waals surface area contributed by atoms with E-state index in [0.717, 1.165) is 12.2 Å². The van der Waals surface area contributed by atoms with Crippen molar-refractivity contribution >= 4 is 23.7 Å². The summed E-state index contributed by atoms with van der Waals surface area (Å²) in [6, 6.07) is 9.53. The van der Waals surface area contributed by atoms with E-state index in [1.807, 2.05) is 30.3 Å². The van der Waals surface area contributed by atoms with Crippen molar-refractivity contribution in [3.05, 3.63) is 35.9 Å². The van der Waals surface area contributed by atoms with Crippen molar-refractivity contribution in [1.29, 1.82) is 0 Å². The highest BCUT2D eigenvalue weighted by molar-refractivity contribution is 7.99.